The van der Waals surface area contributed by atoms with E-state index in [1.807, 2.05) is 74.5 Å². The quantitative estimate of drug-likeness (QED) is 0.190. The molecular formula is C33H36F3O3S+. The molecule has 3 fully saturated rings. The van der Waals surface area contributed by atoms with E-state index >= 15 is 0 Å². The molecule has 6 atom stereocenters. The molecule has 3 aliphatic carbocycles. The first-order valence-corrected chi connectivity index (χ1v) is 15.6. The van der Waals surface area contributed by atoms with Crippen molar-refractivity contribution < 1.29 is 27.4 Å². The van der Waals surface area contributed by atoms with Crippen molar-refractivity contribution in [3.05, 3.63) is 78.9 Å². The molecule has 2 bridgehead atoms. The summed E-state index contributed by atoms with van der Waals surface area (Å²) >= 11 is 0. The van der Waals surface area contributed by atoms with E-state index < -0.39 is 23.5 Å². The lowest BCUT2D eigenvalue weighted by atomic mass is 9.80. The summed E-state index contributed by atoms with van der Waals surface area (Å²) in [6.45, 7) is 3.98. The Kier molecular flexibility index (Phi) is 7.79. The SMILES string of the molecule is CC(C)C(Oc1cc([S+](c2ccccc2)c2ccccc2)ccc1OC(F)(F)F)OC1CC2CC1C1CCCC21. The zero-order valence-corrected chi connectivity index (χ0v) is 23.7. The Balaban J connectivity index is 1.32. The highest BCUT2D eigenvalue weighted by Gasteiger charge is 2.55. The molecule has 0 radical (unpaired) electrons. The standard InChI is InChI=1S/C33H36F3O3S/c1-21(2)32(37-30-19-22-18-28(30)27-15-9-14-26(22)27)38-31-20-25(16-17-29(31)39-33(34,35)36)40(23-10-5-3-6-11-23)24-12-7-4-8-13-24/h3-8,10-13,16-17,20-22,26-28,30,32H,9,14-15,18-19H2,1-2H3/q+1. The molecule has 3 aromatic carbocycles. The summed E-state index contributed by atoms with van der Waals surface area (Å²) in [7, 11) is -0.548. The van der Waals surface area contributed by atoms with Gasteiger partial charge in [-0.3, -0.25) is 0 Å². The second-order valence-electron chi connectivity index (χ2n) is 11.6. The summed E-state index contributed by atoms with van der Waals surface area (Å²) in [5.74, 6) is 2.45. The van der Waals surface area contributed by atoms with Gasteiger partial charge in [0.05, 0.1) is 17.0 Å². The highest BCUT2D eigenvalue weighted by molar-refractivity contribution is 7.97. The third-order valence-electron chi connectivity index (χ3n) is 8.80. The average molecular weight is 570 g/mol. The average Bonchev–Trinajstić information content (AvgIpc) is 3.65. The van der Waals surface area contributed by atoms with Crippen LogP contribution in [0.1, 0.15) is 46.0 Å². The summed E-state index contributed by atoms with van der Waals surface area (Å²) in [5.41, 5.74) is 0. The Hall–Kier alpha value is -2.64. The molecule has 3 nitrogen and oxygen atoms in total. The molecule has 3 saturated carbocycles. The van der Waals surface area contributed by atoms with Crippen LogP contribution in [0.3, 0.4) is 0 Å². The van der Waals surface area contributed by atoms with Crippen LogP contribution in [-0.4, -0.2) is 18.8 Å². The molecule has 0 heterocycles. The highest BCUT2D eigenvalue weighted by atomic mass is 32.2. The third-order valence-corrected chi connectivity index (χ3v) is 11.0. The number of hydrogen-bond acceptors (Lipinski definition) is 3. The fraction of sp³-hybridized carbons (Fsp3) is 0.455. The number of alkyl halides is 3. The van der Waals surface area contributed by atoms with Gasteiger partial charge in [0.15, 0.2) is 26.2 Å². The highest BCUT2D eigenvalue weighted by Crippen LogP contribution is 2.59. The number of rotatable bonds is 9. The molecular weight excluding hydrogens is 533 g/mol. The van der Waals surface area contributed by atoms with E-state index in [0.717, 1.165) is 32.9 Å². The first-order valence-electron chi connectivity index (χ1n) is 14.3. The normalized spacial score (nSPS) is 26.3. The van der Waals surface area contributed by atoms with Crippen molar-refractivity contribution in [3.63, 3.8) is 0 Å². The number of hydrogen-bond donors (Lipinski definition) is 0. The minimum absolute atomic E-state index is 0.0533. The summed E-state index contributed by atoms with van der Waals surface area (Å²) < 4.78 is 57.8. The van der Waals surface area contributed by atoms with Crippen molar-refractivity contribution in [3.8, 4) is 11.5 Å². The van der Waals surface area contributed by atoms with E-state index in [1.54, 1.807) is 12.1 Å². The first-order chi connectivity index (χ1) is 19.3. The van der Waals surface area contributed by atoms with Gasteiger partial charge in [-0.25, -0.2) is 0 Å². The molecule has 0 N–H and O–H groups in total. The Morgan fingerprint density at radius 2 is 1.40 bits per heavy atom. The van der Waals surface area contributed by atoms with Gasteiger partial charge in [-0.05, 0) is 85.8 Å². The maximum Gasteiger partial charge on any atom is 0.573 e. The van der Waals surface area contributed by atoms with Crippen molar-refractivity contribution >= 4 is 10.9 Å². The summed E-state index contributed by atoms with van der Waals surface area (Å²) in [6, 6.07) is 24.8. The van der Waals surface area contributed by atoms with E-state index in [9.17, 15) is 13.2 Å². The van der Waals surface area contributed by atoms with Crippen molar-refractivity contribution in [2.75, 3.05) is 0 Å². The Morgan fingerprint density at radius 1 is 0.750 bits per heavy atom. The molecule has 40 heavy (non-hydrogen) atoms. The van der Waals surface area contributed by atoms with Crippen LogP contribution < -0.4 is 9.47 Å². The van der Waals surface area contributed by atoms with E-state index in [1.165, 1.54) is 31.7 Å². The van der Waals surface area contributed by atoms with Gasteiger partial charge in [-0.2, -0.15) is 0 Å². The Morgan fingerprint density at radius 3 is 2.02 bits per heavy atom. The molecule has 0 aliphatic heterocycles. The van der Waals surface area contributed by atoms with Gasteiger partial charge in [0.25, 0.3) is 0 Å². The van der Waals surface area contributed by atoms with Crippen molar-refractivity contribution in [2.24, 2.45) is 29.6 Å². The Bertz CT molecular complexity index is 1240. The van der Waals surface area contributed by atoms with Crippen molar-refractivity contribution in [1.29, 1.82) is 0 Å². The van der Waals surface area contributed by atoms with Gasteiger partial charge in [0.1, 0.15) is 0 Å². The maximum atomic E-state index is 13.5. The van der Waals surface area contributed by atoms with Gasteiger partial charge >= 0.3 is 6.36 Å². The summed E-state index contributed by atoms with van der Waals surface area (Å²) in [6.07, 6.45) is 0.714. The second-order valence-corrected chi connectivity index (χ2v) is 13.7. The fourth-order valence-corrected chi connectivity index (χ4v) is 9.32. The van der Waals surface area contributed by atoms with E-state index in [2.05, 4.69) is 4.74 Å². The second kappa shape index (κ2) is 11.3. The molecule has 3 aromatic rings. The van der Waals surface area contributed by atoms with Crippen molar-refractivity contribution in [2.45, 2.75) is 79.4 Å². The number of benzene rings is 3. The van der Waals surface area contributed by atoms with Crippen LogP contribution in [0.5, 0.6) is 11.5 Å². The molecule has 6 unspecified atom stereocenters. The van der Waals surface area contributed by atoms with Crippen LogP contribution in [0, 0.1) is 29.6 Å². The molecule has 0 saturated heterocycles. The summed E-state index contributed by atoms with van der Waals surface area (Å²) in [4.78, 5) is 2.97. The monoisotopic (exact) mass is 569 g/mol. The zero-order valence-electron chi connectivity index (χ0n) is 22.8. The predicted molar refractivity (Wildman–Crippen MR) is 149 cm³/mol. The van der Waals surface area contributed by atoms with Crippen LogP contribution in [0.4, 0.5) is 13.2 Å². The van der Waals surface area contributed by atoms with Crippen LogP contribution in [-0.2, 0) is 15.6 Å². The lowest BCUT2D eigenvalue weighted by molar-refractivity contribution is -0.275. The minimum Gasteiger partial charge on any atom is -0.461 e. The lowest BCUT2D eigenvalue weighted by Crippen LogP contribution is -2.37. The van der Waals surface area contributed by atoms with Crippen LogP contribution in [0.2, 0.25) is 0 Å². The van der Waals surface area contributed by atoms with E-state index in [-0.39, 0.29) is 23.5 Å². The largest absolute Gasteiger partial charge is 0.573 e. The first kappa shape index (κ1) is 27.5. The fourth-order valence-electron chi connectivity index (χ4n) is 7.22. The molecule has 3 aliphatic rings. The van der Waals surface area contributed by atoms with Crippen LogP contribution in [0.25, 0.3) is 0 Å². The maximum absolute atomic E-state index is 13.5. The van der Waals surface area contributed by atoms with Crippen LogP contribution in [0.15, 0.2) is 93.5 Å². The topological polar surface area (TPSA) is 27.7 Å². The molecule has 0 aromatic heterocycles. The number of fused-ring (bicyclic) bond motifs is 5. The smallest absolute Gasteiger partial charge is 0.461 e. The third kappa shape index (κ3) is 5.73. The Labute approximate surface area is 237 Å². The summed E-state index contributed by atoms with van der Waals surface area (Å²) in [5, 5.41) is 0. The van der Waals surface area contributed by atoms with Crippen molar-refractivity contribution in [1.82, 2.24) is 0 Å². The number of halogens is 3. The van der Waals surface area contributed by atoms with E-state index in [4.69, 9.17) is 9.47 Å². The van der Waals surface area contributed by atoms with Gasteiger partial charge in [-0.1, -0.05) is 56.7 Å². The zero-order chi connectivity index (χ0) is 27.9. The molecule has 0 spiro atoms. The molecule has 6 rings (SSSR count). The number of ether oxygens (including phenoxy) is 3. The minimum atomic E-state index is -4.84. The van der Waals surface area contributed by atoms with Gasteiger partial charge < -0.3 is 14.2 Å². The van der Waals surface area contributed by atoms with Crippen LogP contribution >= 0.6 is 0 Å². The van der Waals surface area contributed by atoms with Gasteiger partial charge in [0.2, 0.25) is 6.29 Å². The lowest BCUT2D eigenvalue weighted by Gasteiger charge is -2.35. The van der Waals surface area contributed by atoms with Gasteiger partial charge in [-0.15, -0.1) is 13.2 Å². The predicted octanol–water partition coefficient (Wildman–Crippen LogP) is 8.88. The van der Waals surface area contributed by atoms with Gasteiger partial charge in [0, 0.05) is 12.0 Å². The van der Waals surface area contributed by atoms with E-state index in [0.29, 0.717) is 11.8 Å². The molecule has 0 amide bonds. The molecule has 212 valence electrons. The molecule has 7 heteroatoms.